The second-order valence-corrected chi connectivity index (χ2v) is 7.30. The molecule has 0 fully saturated rings. The fourth-order valence-electron chi connectivity index (χ4n) is 2.25. The molecule has 0 saturated carbocycles. The number of ether oxygens (including phenoxy) is 1. The molecule has 0 spiro atoms. The van der Waals surface area contributed by atoms with Crippen LogP contribution in [0, 0.1) is 6.92 Å². The van der Waals surface area contributed by atoms with Gasteiger partial charge in [0.05, 0.1) is 17.2 Å². The Balaban J connectivity index is 1.88. The Morgan fingerprint density at radius 3 is 2.65 bits per heavy atom. The van der Waals surface area contributed by atoms with Crippen molar-refractivity contribution in [3.05, 3.63) is 58.6 Å². The zero-order valence-electron chi connectivity index (χ0n) is 12.4. The van der Waals surface area contributed by atoms with Crippen molar-refractivity contribution in [1.29, 1.82) is 0 Å². The molecule has 0 amide bonds. The number of halogens is 1. The van der Waals surface area contributed by atoms with Crippen LogP contribution in [0.4, 0.5) is 0 Å². The third-order valence-electron chi connectivity index (χ3n) is 3.48. The molecule has 7 heteroatoms. The molecule has 2 aromatic rings. The van der Waals surface area contributed by atoms with E-state index >= 15 is 0 Å². The van der Waals surface area contributed by atoms with E-state index in [9.17, 15) is 8.42 Å². The Morgan fingerprint density at radius 1 is 1.17 bits per heavy atom. The van der Waals surface area contributed by atoms with Gasteiger partial charge in [0.2, 0.25) is 0 Å². The lowest BCUT2D eigenvalue weighted by molar-refractivity contribution is 0.320. The molecule has 3 rings (SSSR count). The molecule has 1 aliphatic rings. The molecular formula is C16H15ClN2O3S. The van der Waals surface area contributed by atoms with Crippen LogP contribution in [-0.2, 0) is 10.0 Å². The van der Waals surface area contributed by atoms with Gasteiger partial charge < -0.3 is 4.74 Å². The monoisotopic (exact) mass is 350 g/mol. The smallest absolute Gasteiger partial charge is 0.276 e. The minimum atomic E-state index is -3.69. The van der Waals surface area contributed by atoms with Gasteiger partial charge in [0.25, 0.3) is 10.0 Å². The summed E-state index contributed by atoms with van der Waals surface area (Å²) in [4.78, 5) is 2.47. The molecule has 23 heavy (non-hydrogen) atoms. The van der Waals surface area contributed by atoms with E-state index in [0.29, 0.717) is 29.5 Å². The van der Waals surface area contributed by atoms with Crippen LogP contribution >= 0.6 is 11.6 Å². The average Bonchev–Trinajstić information content (AvgIpc) is 2.53. The van der Waals surface area contributed by atoms with Gasteiger partial charge >= 0.3 is 0 Å². The predicted molar refractivity (Wildman–Crippen MR) is 89.6 cm³/mol. The average molecular weight is 351 g/mol. The summed E-state index contributed by atoms with van der Waals surface area (Å²) in [6.45, 7) is 2.33. The van der Waals surface area contributed by atoms with Crippen LogP contribution in [0.5, 0.6) is 5.75 Å². The first-order valence-corrected chi connectivity index (χ1v) is 8.89. The SMILES string of the molecule is Cc1ccc(S(=O)(=O)NN=C2CCOc3cc(Cl)ccc32)cc1. The molecule has 1 N–H and O–H groups in total. The Morgan fingerprint density at radius 2 is 1.91 bits per heavy atom. The number of rotatable bonds is 3. The van der Waals surface area contributed by atoms with Crippen molar-refractivity contribution < 1.29 is 13.2 Å². The van der Waals surface area contributed by atoms with Gasteiger partial charge in [0.1, 0.15) is 5.75 Å². The van der Waals surface area contributed by atoms with E-state index in [1.165, 1.54) is 0 Å². The number of hydrogen-bond acceptors (Lipinski definition) is 4. The molecule has 0 saturated heterocycles. The number of hydrogen-bond donors (Lipinski definition) is 1. The molecular weight excluding hydrogens is 336 g/mol. The first-order chi connectivity index (χ1) is 11.0. The number of aryl methyl sites for hydroxylation is 1. The molecule has 0 aromatic heterocycles. The van der Waals surface area contributed by atoms with E-state index in [1.54, 1.807) is 42.5 Å². The van der Waals surface area contributed by atoms with Gasteiger partial charge in [-0.3, -0.25) is 0 Å². The van der Waals surface area contributed by atoms with E-state index < -0.39 is 10.0 Å². The largest absolute Gasteiger partial charge is 0.492 e. The van der Waals surface area contributed by atoms with Gasteiger partial charge in [-0.1, -0.05) is 29.3 Å². The van der Waals surface area contributed by atoms with E-state index in [4.69, 9.17) is 16.3 Å². The van der Waals surface area contributed by atoms with E-state index in [-0.39, 0.29) is 4.90 Å². The normalized spacial score (nSPS) is 15.8. The van der Waals surface area contributed by atoms with Crippen LogP contribution in [0.1, 0.15) is 17.5 Å². The number of benzene rings is 2. The summed E-state index contributed by atoms with van der Waals surface area (Å²) in [5, 5.41) is 4.64. The van der Waals surface area contributed by atoms with Crippen LogP contribution < -0.4 is 9.57 Å². The lowest BCUT2D eigenvalue weighted by Crippen LogP contribution is -2.23. The Bertz CT molecular complexity index is 861. The highest BCUT2D eigenvalue weighted by molar-refractivity contribution is 7.89. The Kier molecular flexibility index (Phi) is 4.28. The van der Waals surface area contributed by atoms with Crippen molar-refractivity contribution in [3.63, 3.8) is 0 Å². The second kappa shape index (κ2) is 6.22. The molecule has 1 heterocycles. The molecule has 0 atom stereocenters. The molecule has 0 radical (unpaired) electrons. The van der Waals surface area contributed by atoms with Crippen LogP contribution in [0.25, 0.3) is 0 Å². The topological polar surface area (TPSA) is 67.8 Å². The van der Waals surface area contributed by atoms with Crippen LogP contribution in [0.15, 0.2) is 52.5 Å². The summed E-state index contributed by atoms with van der Waals surface area (Å²) in [5.74, 6) is 0.608. The molecule has 2 aromatic carbocycles. The van der Waals surface area contributed by atoms with Crippen LogP contribution in [0.2, 0.25) is 5.02 Å². The van der Waals surface area contributed by atoms with Gasteiger partial charge in [-0.2, -0.15) is 18.4 Å². The first kappa shape index (κ1) is 15.8. The zero-order valence-corrected chi connectivity index (χ0v) is 14.0. The van der Waals surface area contributed by atoms with Gasteiger partial charge in [0.15, 0.2) is 0 Å². The third-order valence-corrected chi connectivity index (χ3v) is 4.94. The lowest BCUT2D eigenvalue weighted by Gasteiger charge is -2.19. The van der Waals surface area contributed by atoms with Crippen molar-refractivity contribution in [1.82, 2.24) is 4.83 Å². The number of sulfonamides is 1. The van der Waals surface area contributed by atoms with Crippen LogP contribution in [0.3, 0.4) is 0 Å². The lowest BCUT2D eigenvalue weighted by atomic mass is 10.0. The molecule has 1 aliphatic heterocycles. The second-order valence-electron chi connectivity index (χ2n) is 5.21. The van der Waals surface area contributed by atoms with E-state index in [0.717, 1.165) is 11.1 Å². The number of nitrogens with one attached hydrogen (secondary N) is 1. The quantitative estimate of drug-likeness (QED) is 0.865. The Hall–Kier alpha value is -2.05. The minimum Gasteiger partial charge on any atom is -0.492 e. The first-order valence-electron chi connectivity index (χ1n) is 7.03. The summed E-state index contributed by atoms with van der Waals surface area (Å²) in [6, 6.07) is 11.8. The molecule has 120 valence electrons. The zero-order chi connectivity index (χ0) is 16.4. The highest BCUT2D eigenvalue weighted by Gasteiger charge is 2.19. The van der Waals surface area contributed by atoms with Gasteiger partial charge in [-0.15, -0.1) is 0 Å². The van der Waals surface area contributed by atoms with E-state index in [2.05, 4.69) is 9.93 Å². The maximum atomic E-state index is 12.3. The molecule has 0 aliphatic carbocycles. The minimum absolute atomic E-state index is 0.177. The predicted octanol–water partition coefficient (Wildman–Crippen LogP) is 3.11. The van der Waals surface area contributed by atoms with Gasteiger partial charge in [-0.25, -0.2) is 0 Å². The van der Waals surface area contributed by atoms with Crippen molar-refractivity contribution in [2.45, 2.75) is 18.2 Å². The number of hydrazone groups is 1. The highest BCUT2D eigenvalue weighted by atomic mass is 35.5. The van der Waals surface area contributed by atoms with E-state index in [1.807, 2.05) is 6.92 Å². The third kappa shape index (κ3) is 3.48. The fourth-order valence-corrected chi connectivity index (χ4v) is 3.24. The van der Waals surface area contributed by atoms with Crippen molar-refractivity contribution >= 4 is 27.3 Å². The van der Waals surface area contributed by atoms with Crippen LogP contribution in [-0.4, -0.2) is 20.7 Å². The van der Waals surface area contributed by atoms with Crippen molar-refractivity contribution in [3.8, 4) is 5.75 Å². The highest BCUT2D eigenvalue weighted by Crippen LogP contribution is 2.28. The summed E-state index contributed by atoms with van der Waals surface area (Å²) in [6.07, 6.45) is 0.519. The molecule has 5 nitrogen and oxygen atoms in total. The summed E-state index contributed by atoms with van der Waals surface area (Å²) >= 11 is 5.94. The fraction of sp³-hybridized carbons (Fsp3) is 0.188. The van der Waals surface area contributed by atoms with Crippen molar-refractivity contribution in [2.24, 2.45) is 5.10 Å². The maximum absolute atomic E-state index is 12.3. The van der Waals surface area contributed by atoms with Gasteiger partial charge in [-0.05, 0) is 37.3 Å². The summed E-state index contributed by atoms with van der Waals surface area (Å²) in [7, 11) is -3.69. The maximum Gasteiger partial charge on any atom is 0.276 e. The number of fused-ring (bicyclic) bond motifs is 1. The van der Waals surface area contributed by atoms with Crippen molar-refractivity contribution in [2.75, 3.05) is 6.61 Å². The summed E-state index contributed by atoms with van der Waals surface area (Å²) in [5.41, 5.74) is 2.36. The molecule has 0 unspecified atom stereocenters. The summed E-state index contributed by atoms with van der Waals surface area (Å²) < 4.78 is 30.1. The molecule has 0 bridgehead atoms. The Labute approximate surface area is 140 Å². The van der Waals surface area contributed by atoms with Gasteiger partial charge in [0, 0.05) is 17.0 Å². The number of nitrogens with zero attached hydrogens (tertiary/aromatic N) is 1. The standard InChI is InChI=1S/C16H15ClN2O3S/c1-11-2-5-13(6-3-11)23(20,21)19-18-15-8-9-22-16-10-12(17)4-7-14(15)16/h2-7,10,19H,8-9H2,1H3.